The van der Waals surface area contributed by atoms with E-state index in [1.165, 1.54) is 0 Å². The molecule has 27 heavy (non-hydrogen) atoms. The number of aryl methyl sites for hydroxylation is 2. The van der Waals surface area contributed by atoms with Crippen LogP contribution >= 0.6 is 11.8 Å². The molecule has 8 nitrogen and oxygen atoms in total. The van der Waals surface area contributed by atoms with Crippen molar-refractivity contribution < 1.29 is 18.8 Å². The minimum absolute atomic E-state index is 0.132. The largest absolute Gasteiger partial charge is 0.379 e. The zero-order chi connectivity index (χ0) is 19.2. The van der Waals surface area contributed by atoms with Crippen molar-refractivity contribution in [1.82, 2.24) is 19.9 Å². The molecule has 0 saturated carbocycles. The second kappa shape index (κ2) is 9.57. The molecule has 1 aromatic rings. The van der Waals surface area contributed by atoms with Crippen LogP contribution in [0.25, 0.3) is 0 Å². The third-order valence-corrected chi connectivity index (χ3v) is 6.04. The number of nitrogens with zero attached hydrogens (tertiary/aromatic N) is 4. The van der Waals surface area contributed by atoms with E-state index >= 15 is 0 Å². The second-order valence-electron chi connectivity index (χ2n) is 6.95. The minimum Gasteiger partial charge on any atom is -0.379 e. The van der Waals surface area contributed by atoms with Gasteiger partial charge < -0.3 is 19.1 Å². The highest BCUT2D eigenvalue weighted by atomic mass is 32.2. The molecule has 0 atom stereocenters. The summed E-state index contributed by atoms with van der Waals surface area (Å²) >= 11 is 1.58. The molecule has 0 N–H and O–H groups in total. The summed E-state index contributed by atoms with van der Waals surface area (Å²) in [5.74, 6) is 2.26. The van der Waals surface area contributed by atoms with E-state index < -0.39 is 0 Å². The fraction of sp³-hybridized carbons (Fsp3) is 0.722. The first-order valence-corrected chi connectivity index (χ1v) is 10.5. The van der Waals surface area contributed by atoms with E-state index in [9.17, 15) is 9.59 Å². The lowest BCUT2D eigenvalue weighted by Gasteiger charge is -2.36. The van der Waals surface area contributed by atoms with Crippen LogP contribution in [0.2, 0.25) is 0 Å². The summed E-state index contributed by atoms with van der Waals surface area (Å²) in [7, 11) is 0. The first-order valence-electron chi connectivity index (χ1n) is 9.39. The fourth-order valence-corrected chi connectivity index (χ4v) is 4.37. The maximum absolute atomic E-state index is 12.4. The Labute approximate surface area is 164 Å². The lowest BCUT2D eigenvalue weighted by molar-refractivity contribution is -0.139. The number of piperazine rings is 1. The molecule has 0 aliphatic carbocycles. The van der Waals surface area contributed by atoms with Gasteiger partial charge >= 0.3 is 0 Å². The maximum atomic E-state index is 12.4. The topological polar surface area (TPSA) is 79.1 Å². The average Bonchev–Trinajstić information content (AvgIpc) is 3.01. The Hall–Kier alpha value is -1.58. The van der Waals surface area contributed by atoms with Crippen LogP contribution < -0.4 is 0 Å². The van der Waals surface area contributed by atoms with Crippen LogP contribution in [0.1, 0.15) is 17.0 Å². The van der Waals surface area contributed by atoms with Crippen LogP contribution in [-0.4, -0.2) is 96.5 Å². The Kier molecular flexibility index (Phi) is 7.14. The molecule has 0 bridgehead atoms. The molecule has 150 valence electrons. The molecule has 0 aromatic carbocycles. The Morgan fingerprint density at radius 1 is 1.00 bits per heavy atom. The van der Waals surface area contributed by atoms with Crippen LogP contribution in [0.15, 0.2) is 4.52 Å². The van der Waals surface area contributed by atoms with Crippen molar-refractivity contribution in [2.24, 2.45) is 0 Å². The molecule has 2 saturated heterocycles. The normalized spacial score (nSPS) is 18.7. The van der Waals surface area contributed by atoms with Gasteiger partial charge in [0, 0.05) is 50.6 Å². The van der Waals surface area contributed by atoms with E-state index in [0.29, 0.717) is 51.7 Å². The Balaban J connectivity index is 1.36. The van der Waals surface area contributed by atoms with Crippen LogP contribution in [0.5, 0.6) is 0 Å². The van der Waals surface area contributed by atoms with Gasteiger partial charge in [-0.1, -0.05) is 5.16 Å². The van der Waals surface area contributed by atoms with E-state index in [2.05, 4.69) is 10.1 Å². The molecule has 0 radical (unpaired) electrons. The smallest absolute Gasteiger partial charge is 0.236 e. The first kappa shape index (κ1) is 20.2. The average molecular weight is 397 g/mol. The lowest BCUT2D eigenvalue weighted by Crippen LogP contribution is -2.53. The van der Waals surface area contributed by atoms with Gasteiger partial charge in [-0.15, -0.1) is 11.8 Å². The molecule has 2 fully saturated rings. The number of hydrogen-bond acceptors (Lipinski definition) is 7. The predicted molar refractivity (Wildman–Crippen MR) is 103 cm³/mol. The number of carbonyl (C=O) groups excluding carboxylic acids is 2. The zero-order valence-electron chi connectivity index (χ0n) is 16.1. The molecule has 2 amide bonds. The van der Waals surface area contributed by atoms with Crippen LogP contribution in [0.3, 0.4) is 0 Å². The number of ether oxygens (including phenoxy) is 1. The fourth-order valence-electron chi connectivity index (χ4n) is 3.30. The van der Waals surface area contributed by atoms with Crippen molar-refractivity contribution >= 4 is 23.6 Å². The van der Waals surface area contributed by atoms with E-state index in [1.807, 2.05) is 23.6 Å². The van der Waals surface area contributed by atoms with Crippen molar-refractivity contribution in [3.63, 3.8) is 0 Å². The standard InChI is InChI=1S/C18H28N4O4S/c1-14-16(15(2)26-19-14)12-27-13-18(24)22-5-3-21(4-6-22)17(23)11-20-7-9-25-10-8-20/h3-13H2,1-2H3. The van der Waals surface area contributed by atoms with Gasteiger partial charge in [-0.05, 0) is 13.8 Å². The monoisotopic (exact) mass is 396 g/mol. The van der Waals surface area contributed by atoms with E-state index in [1.54, 1.807) is 11.8 Å². The van der Waals surface area contributed by atoms with Crippen molar-refractivity contribution in [1.29, 1.82) is 0 Å². The number of aromatic nitrogens is 1. The summed E-state index contributed by atoms with van der Waals surface area (Å²) in [5, 5.41) is 3.94. The molecular formula is C18H28N4O4S. The van der Waals surface area contributed by atoms with Gasteiger partial charge in [0.25, 0.3) is 0 Å². The van der Waals surface area contributed by atoms with Gasteiger partial charge in [0.2, 0.25) is 11.8 Å². The van der Waals surface area contributed by atoms with Crippen LogP contribution in [0.4, 0.5) is 0 Å². The number of rotatable bonds is 6. The van der Waals surface area contributed by atoms with E-state index in [-0.39, 0.29) is 11.8 Å². The number of amides is 2. The van der Waals surface area contributed by atoms with Crippen LogP contribution in [0, 0.1) is 13.8 Å². The van der Waals surface area contributed by atoms with Crippen molar-refractivity contribution in [3.8, 4) is 0 Å². The van der Waals surface area contributed by atoms with Gasteiger partial charge in [0.15, 0.2) is 0 Å². The summed E-state index contributed by atoms with van der Waals surface area (Å²) < 4.78 is 10.5. The third-order valence-electron chi connectivity index (χ3n) is 5.10. The summed E-state index contributed by atoms with van der Waals surface area (Å²) in [6, 6.07) is 0. The molecule has 1 aromatic heterocycles. The number of thioether (sulfide) groups is 1. The number of carbonyl (C=O) groups is 2. The van der Waals surface area contributed by atoms with Crippen molar-refractivity contribution in [2.45, 2.75) is 19.6 Å². The molecule has 9 heteroatoms. The third kappa shape index (κ3) is 5.46. The highest BCUT2D eigenvalue weighted by Crippen LogP contribution is 2.20. The minimum atomic E-state index is 0.132. The van der Waals surface area contributed by atoms with Crippen LogP contribution in [-0.2, 0) is 20.1 Å². The zero-order valence-corrected chi connectivity index (χ0v) is 16.9. The molecule has 2 aliphatic heterocycles. The van der Waals surface area contributed by atoms with Gasteiger partial charge in [0.1, 0.15) is 5.76 Å². The molecule has 0 spiro atoms. The van der Waals surface area contributed by atoms with Gasteiger partial charge in [-0.25, -0.2) is 0 Å². The highest BCUT2D eigenvalue weighted by molar-refractivity contribution is 7.99. The molecule has 3 rings (SSSR count). The van der Waals surface area contributed by atoms with E-state index in [4.69, 9.17) is 9.26 Å². The van der Waals surface area contributed by atoms with E-state index in [0.717, 1.165) is 35.9 Å². The summed E-state index contributed by atoms with van der Waals surface area (Å²) in [6.45, 7) is 9.73. The summed E-state index contributed by atoms with van der Waals surface area (Å²) in [6.07, 6.45) is 0. The van der Waals surface area contributed by atoms with Gasteiger partial charge in [0.05, 0.1) is 31.2 Å². The highest BCUT2D eigenvalue weighted by Gasteiger charge is 2.25. The second-order valence-corrected chi connectivity index (χ2v) is 7.93. The maximum Gasteiger partial charge on any atom is 0.236 e. The SMILES string of the molecule is Cc1noc(C)c1CSCC(=O)N1CCN(C(=O)CN2CCOCC2)CC1. The Bertz CT molecular complexity index is 632. The molecule has 3 heterocycles. The summed E-state index contributed by atoms with van der Waals surface area (Å²) in [5.41, 5.74) is 1.96. The molecule has 0 unspecified atom stereocenters. The number of hydrogen-bond donors (Lipinski definition) is 0. The predicted octanol–water partition coefficient (Wildman–Crippen LogP) is 0.528. The van der Waals surface area contributed by atoms with Gasteiger partial charge in [-0.2, -0.15) is 0 Å². The number of morpholine rings is 1. The quantitative estimate of drug-likeness (QED) is 0.694. The summed E-state index contributed by atoms with van der Waals surface area (Å²) in [4.78, 5) is 30.7. The van der Waals surface area contributed by atoms with Crippen molar-refractivity contribution in [2.75, 3.05) is 64.8 Å². The molecule has 2 aliphatic rings. The molecular weight excluding hydrogens is 368 g/mol. The van der Waals surface area contributed by atoms with Gasteiger partial charge in [-0.3, -0.25) is 14.5 Å². The van der Waals surface area contributed by atoms with Crippen molar-refractivity contribution in [3.05, 3.63) is 17.0 Å². The Morgan fingerprint density at radius 2 is 1.63 bits per heavy atom. The first-order chi connectivity index (χ1) is 13.0. The Morgan fingerprint density at radius 3 is 2.22 bits per heavy atom. The lowest BCUT2D eigenvalue weighted by atomic mass is 10.2.